The zero-order valence-corrected chi connectivity index (χ0v) is 37.7. The Morgan fingerprint density at radius 1 is 0.596 bits per heavy atom. The first-order valence-electron chi connectivity index (χ1n) is 22.3. The van der Waals surface area contributed by atoms with Gasteiger partial charge >= 0.3 is 11.9 Å². The number of quaternary nitrogens is 1. The van der Waals surface area contributed by atoms with Crippen molar-refractivity contribution in [1.82, 2.24) is 0 Å². The maximum atomic E-state index is 12.6. The maximum Gasteiger partial charge on any atom is 0.306 e. The lowest BCUT2D eigenvalue weighted by Gasteiger charge is -2.28. The van der Waals surface area contributed by atoms with Crippen molar-refractivity contribution in [1.29, 1.82) is 0 Å². The van der Waals surface area contributed by atoms with E-state index < -0.39 is 32.5 Å². The highest BCUT2D eigenvalue weighted by Crippen LogP contribution is 2.38. The number of ether oxygens (including phenoxy) is 2. The third-order valence-corrected chi connectivity index (χ3v) is 10.3. The summed E-state index contributed by atoms with van der Waals surface area (Å²) < 4.78 is 33.8. The molecule has 1 unspecified atom stereocenters. The van der Waals surface area contributed by atoms with Crippen LogP contribution in [0.25, 0.3) is 0 Å². The monoisotopic (exact) mass is 824 g/mol. The van der Waals surface area contributed by atoms with Crippen LogP contribution in [-0.4, -0.2) is 75.8 Å². The molecule has 0 aromatic rings. The van der Waals surface area contributed by atoms with E-state index in [2.05, 4.69) is 26.0 Å². The van der Waals surface area contributed by atoms with E-state index in [0.29, 0.717) is 36.7 Å². The number of unbranched alkanes of at least 4 members (excludes halogenated alkanes) is 17. The summed E-state index contributed by atoms with van der Waals surface area (Å²) in [4.78, 5) is 49.2. The van der Waals surface area contributed by atoms with E-state index in [1.54, 1.807) is 12.2 Å². The number of likely N-dealkylation sites (N-methyl/N-ethyl adjacent to an activating group) is 1. The normalized spacial score (nSPS) is 13.9. The lowest BCUT2D eigenvalue weighted by Crippen LogP contribution is -2.37. The van der Waals surface area contributed by atoms with Crippen molar-refractivity contribution < 1.29 is 46.8 Å². The standard InChI is InChI=1S/C46H82NO9P/c1-6-8-10-11-12-13-14-15-16-17-20-23-26-29-33-37-45(49)53-41-44(42-55-57(51,52)54-40-39-47(3,4)5)56-46(50)38-34-30-27-24-21-18-19-22-25-28-32-36-43(48)35-31-9-7-2/h18-19,24-25,27-28,32,36,44H,6-17,20-23,26,29-31,33-35,37-42H2,1-5H3/b19-18-,27-24-,28-25-,36-32-/t44-/m1/s1. The molecule has 0 fully saturated rings. The number of ketones is 1. The molecule has 0 rings (SSSR count). The molecule has 11 heteroatoms. The summed E-state index contributed by atoms with van der Waals surface area (Å²) in [5.74, 6) is -0.766. The fraction of sp³-hybridized carbons (Fsp3) is 0.761. The summed E-state index contributed by atoms with van der Waals surface area (Å²) in [6, 6.07) is 0. The second-order valence-corrected chi connectivity index (χ2v) is 17.5. The maximum absolute atomic E-state index is 12.6. The Balaban J connectivity index is 4.49. The average Bonchev–Trinajstić information content (AvgIpc) is 3.15. The molecule has 330 valence electrons. The van der Waals surface area contributed by atoms with Crippen LogP contribution < -0.4 is 4.89 Å². The number of carbonyl (C=O) groups is 3. The number of nitrogens with zero attached hydrogens (tertiary/aromatic N) is 1. The van der Waals surface area contributed by atoms with E-state index in [-0.39, 0.29) is 31.8 Å². The molecule has 0 aliphatic heterocycles. The second-order valence-electron chi connectivity index (χ2n) is 16.1. The van der Waals surface area contributed by atoms with Gasteiger partial charge in [0.25, 0.3) is 7.82 Å². The lowest BCUT2D eigenvalue weighted by molar-refractivity contribution is -0.870. The topological polar surface area (TPSA) is 128 Å². The van der Waals surface area contributed by atoms with Gasteiger partial charge in [-0.25, -0.2) is 0 Å². The average molecular weight is 824 g/mol. The van der Waals surface area contributed by atoms with E-state index in [4.69, 9.17) is 18.5 Å². The number of hydrogen-bond donors (Lipinski definition) is 0. The number of phosphoric ester groups is 1. The molecule has 0 saturated carbocycles. The first kappa shape index (κ1) is 54.6. The minimum absolute atomic E-state index is 0.0522. The Morgan fingerprint density at radius 3 is 1.70 bits per heavy atom. The molecule has 0 N–H and O–H groups in total. The van der Waals surface area contributed by atoms with Crippen LogP contribution in [-0.2, 0) is 37.5 Å². The predicted molar refractivity (Wildman–Crippen MR) is 232 cm³/mol. The molecule has 0 aliphatic carbocycles. The first-order chi connectivity index (χ1) is 27.4. The molecular weight excluding hydrogens is 741 g/mol. The zero-order chi connectivity index (χ0) is 42.3. The van der Waals surface area contributed by atoms with Crippen LogP contribution in [0.5, 0.6) is 0 Å². The molecule has 10 nitrogen and oxygen atoms in total. The van der Waals surface area contributed by atoms with Gasteiger partial charge in [0, 0.05) is 19.3 Å². The Labute approximate surface area is 348 Å². The van der Waals surface area contributed by atoms with Crippen LogP contribution in [0, 0.1) is 0 Å². The van der Waals surface area contributed by atoms with Crippen LogP contribution in [0.1, 0.15) is 174 Å². The molecule has 0 spiro atoms. The van der Waals surface area contributed by atoms with Gasteiger partial charge in [0.1, 0.15) is 19.8 Å². The summed E-state index contributed by atoms with van der Waals surface area (Å²) in [6.07, 6.45) is 39.8. The molecule has 0 aromatic heterocycles. The fourth-order valence-electron chi connectivity index (χ4n) is 5.78. The summed E-state index contributed by atoms with van der Waals surface area (Å²) in [5.41, 5.74) is 0. The molecule has 0 aliphatic rings. The zero-order valence-electron chi connectivity index (χ0n) is 36.8. The van der Waals surface area contributed by atoms with Gasteiger partial charge in [0.2, 0.25) is 0 Å². The Morgan fingerprint density at radius 2 is 1.11 bits per heavy atom. The highest BCUT2D eigenvalue weighted by Gasteiger charge is 2.21. The fourth-order valence-corrected chi connectivity index (χ4v) is 6.51. The smallest absolute Gasteiger partial charge is 0.306 e. The van der Waals surface area contributed by atoms with Crippen molar-refractivity contribution in [2.24, 2.45) is 0 Å². The van der Waals surface area contributed by atoms with Crippen LogP contribution in [0.15, 0.2) is 48.6 Å². The van der Waals surface area contributed by atoms with Gasteiger partial charge in [-0.15, -0.1) is 0 Å². The number of hydrogen-bond acceptors (Lipinski definition) is 9. The van der Waals surface area contributed by atoms with Gasteiger partial charge in [-0.2, -0.15) is 0 Å². The second kappa shape index (κ2) is 37.9. The van der Waals surface area contributed by atoms with Crippen molar-refractivity contribution in [2.75, 3.05) is 47.5 Å². The number of carbonyl (C=O) groups excluding carboxylic acids is 3. The Hall–Kier alpha value is -2.36. The Kier molecular flexibility index (Phi) is 36.3. The third kappa shape index (κ3) is 41.6. The number of phosphoric acid groups is 1. The van der Waals surface area contributed by atoms with E-state index in [0.717, 1.165) is 44.9 Å². The van der Waals surface area contributed by atoms with Crippen LogP contribution in [0.3, 0.4) is 0 Å². The van der Waals surface area contributed by atoms with Crippen molar-refractivity contribution in [3.63, 3.8) is 0 Å². The minimum atomic E-state index is -4.65. The summed E-state index contributed by atoms with van der Waals surface area (Å²) in [6.45, 7) is 3.98. The first-order valence-corrected chi connectivity index (χ1v) is 23.8. The molecule has 57 heavy (non-hydrogen) atoms. The molecule has 2 atom stereocenters. The van der Waals surface area contributed by atoms with Gasteiger partial charge < -0.3 is 27.9 Å². The highest BCUT2D eigenvalue weighted by molar-refractivity contribution is 7.45. The van der Waals surface area contributed by atoms with Gasteiger partial charge in [-0.05, 0) is 44.6 Å². The lowest BCUT2D eigenvalue weighted by atomic mass is 10.0. The van der Waals surface area contributed by atoms with Crippen LogP contribution in [0.2, 0.25) is 0 Å². The molecule has 0 saturated heterocycles. The summed E-state index contributed by atoms with van der Waals surface area (Å²) in [5, 5.41) is 0. The van der Waals surface area contributed by atoms with Gasteiger partial charge in [-0.1, -0.05) is 159 Å². The van der Waals surface area contributed by atoms with E-state index in [9.17, 15) is 23.8 Å². The number of rotatable bonds is 40. The molecule has 0 amide bonds. The number of allylic oxidation sites excluding steroid dienone is 8. The van der Waals surface area contributed by atoms with E-state index >= 15 is 0 Å². The van der Waals surface area contributed by atoms with Crippen molar-refractivity contribution >= 4 is 25.5 Å². The SMILES string of the molecule is CCCCCCCCCCCCCCCCCC(=O)OC[C@H](COP(=O)([O-])OCC[N+](C)(C)C)OC(=O)CCC/C=C\C/C=C\C/C=C\C=C/C(=O)CCCCC. The van der Waals surface area contributed by atoms with Crippen molar-refractivity contribution in [3.8, 4) is 0 Å². The highest BCUT2D eigenvalue weighted by atomic mass is 31.2. The van der Waals surface area contributed by atoms with Crippen molar-refractivity contribution in [3.05, 3.63) is 48.6 Å². The molecule has 0 heterocycles. The molecule has 0 aromatic carbocycles. The molecule has 0 radical (unpaired) electrons. The summed E-state index contributed by atoms with van der Waals surface area (Å²) in [7, 11) is 1.09. The predicted octanol–water partition coefficient (Wildman–Crippen LogP) is 11.2. The van der Waals surface area contributed by atoms with Crippen LogP contribution in [0.4, 0.5) is 0 Å². The number of esters is 2. The quantitative estimate of drug-likeness (QED) is 0.0113. The minimum Gasteiger partial charge on any atom is -0.756 e. The van der Waals surface area contributed by atoms with Gasteiger partial charge in [0.15, 0.2) is 11.9 Å². The van der Waals surface area contributed by atoms with Crippen LogP contribution >= 0.6 is 7.82 Å². The van der Waals surface area contributed by atoms with Gasteiger partial charge in [-0.3, -0.25) is 18.9 Å². The Bertz CT molecular complexity index is 1170. The third-order valence-electron chi connectivity index (χ3n) is 9.33. The summed E-state index contributed by atoms with van der Waals surface area (Å²) >= 11 is 0. The molecule has 0 bridgehead atoms. The molecular formula is C46H82NO9P. The van der Waals surface area contributed by atoms with E-state index in [1.165, 1.54) is 77.0 Å². The van der Waals surface area contributed by atoms with Gasteiger partial charge in [0.05, 0.1) is 27.7 Å². The largest absolute Gasteiger partial charge is 0.756 e. The van der Waals surface area contributed by atoms with Crippen molar-refractivity contribution in [2.45, 2.75) is 180 Å². The van der Waals surface area contributed by atoms with E-state index in [1.807, 2.05) is 45.4 Å².